The fourth-order valence-electron chi connectivity index (χ4n) is 2.47. The highest BCUT2D eigenvalue weighted by atomic mass is 16.4. The number of urea groups is 1. The normalized spacial score (nSPS) is 18.9. The second kappa shape index (κ2) is 7.12. The van der Waals surface area contributed by atoms with E-state index >= 15 is 0 Å². The number of hydrogen-bond donors (Lipinski definition) is 2. The Balaban J connectivity index is 2.68. The summed E-state index contributed by atoms with van der Waals surface area (Å²) in [6, 6.07) is -0.372. The van der Waals surface area contributed by atoms with Crippen molar-refractivity contribution in [1.82, 2.24) is 9.80 Å². The maximum Gasteiger partial charge on any atom is 0.320 e. The molecular weight excluding hydrogens is 262 g/mol. The third kappa shape index (κ3) is 4.71. The molecule has 3 N–H and O–H groups in total. The molecule has 0 aromatic heterocycles. The molecule has 7 heteroatoms. The molecule has 1 unspecified atom stereocenters. The standard InChI is InChI=1S/C13H23N3O4/c1-9(2)16(8-11(14)17)13(20)15-5-3-4-10(7-15)6-12(18)19/h9-10H,3-8H2,1-2H3,(H2,14,17)(H,18,19). The van der Waals surface area contributed by atoms with Gasteiger partial charge in [-0.15, -0.1) is 0 Å². The van der Waals surface area contributed by atoms with Crippen LogP contribution in [0.5, 0.6) is 0 Å². The third-order valence-corrected chi connectivity index (χ3v) is 3.45. The number of likely N-dealkylation sites (tertiary alicyclic amines) is 1. The van der Waals surface area contributed by atoms with Crippen LogP contribution in [-0.4, -0.2) is 58.5 Å². The molecule has 1 saturated heterocycles. The van der Waals surface area contributed by atoms with Crippen LogP contribution in [-0.2, 0) is 9.59 Å². The molecule has 1 heterocycles. The smallest absolute Gasteiger partial charge is 0.320 e. The maximum absolute atomic E-state index is 12.4. The van der Waals surface area contributed by atoms with Crippen molar-refractivity contribution in [2.75, 3.05) is 19.6 Å². The maximum atomic E-state index is 12.4. The molecular formula is C13H23N3O4. The number of primary amides is 1. The largest absolute Gasteiger partial charge is 0.481 e. The Labute approximate surface area is 118 Å². The van der Waals surface area contributed by atoms with E-state index in [0.717, 1.165) is 12.8 Å². The van der Waals surface area contributed by atoms with Crippen molar-refractivity contribution in [3.63, 3.8) is 0 Å². The molecule has 1 aliphatic rings. The van der Waals surface area contributed by atoms with E-state index in [9.17, 15) is 14.4 Å². The van der Waals surface area contributed by atoms with Gasteiger partial charge in [-0.05, 0) is 32.6 Å². The van der Waals surface area contributed by atoms with Gasteiger partial charge in [-0.3, -0.25) is 9.59 Å². The minimum absolute atomic E-state index is 0.0206. The van der Waals surface area contributed by atoms with Gasteiger partial charge in [-0.1, -0.05) is 0 Å². The van der Waals surface area contributed by atoms with Gasteiger partial charge in [-0.2, -0.15) is 0 Å². The number of piperidine rings is 1. The number of carboxylic acid groups (broad SMARTS) is 1. The molecule has 114 valence electrons. The SMILES string of the molecule is CC(C)N(CC(N)=O)C(=O)N1CCCC(CC(=O)O)C1. The lowest BCUT2D eigenvalue weighted by Crippen LogP contribution is -2.52. The van der Waals surface area contributed by atoms with E-state index in [1.165, 1.54) is 4.90 Å². The minimum Gasteiger partial charge on any atom is -0.481 e. The minimum atomic E-state index is -0.845. The highest BCUT2D eigenvalue weighted by Gasteiger charge is 2.29. The van der Waals surface area contributed by atoms with E-state index in [2.05, 4.69) is 0 Å². The Bertz CT molecular complexity index is 384. The number of rotatable bonds is 5. The summed E-state index contributed by atoms with van der Waals surface area (Å²) >= 11 is 0. The summed E-state index contributed by atoms with van der Waals surface area (Å²) in [7, 11) is 0. The van der Waals surface area contributed by atoms with Crippen molar-refractivity contribution in [3.8, 4) is 0 Å². The van der Waals surface area contributed by atoms with Crippen LogP contribution in [0.25, 0.3) is 0 Å². The van der Waals surface area contributed by atoms with Gasteiger partial charge >= 0.3 is 12.0 Å². The van der Waals surface area contributed by atoms with Gasteiger partial charge in [0.1, 0.15) is 6.54 Å². The molecule has 20 heavy (non-hydrogen) atoms. The lowest BCUT2D eigenvalue weighted by molar-refractivity contribution is -0.138. The van der Waals surface area contributed by atoms with Crippen LogP contribution in [0.2, 0.25) is 0 Å². The molecule has 1 rings (SSSR count). The molecule has 0 saturated carbocycles. The van der Waals surface area contributed by atoms with E-state index in [1.54, 1.807) is 4.90 Å². The highest BCUT2D eigenvalue weighted by Crippen LogP contribution is 2.21. The predicted molar refractivity (Wildman–Crippen MR) is 73.0 cm³/mol. The van der Waals surface area contributed by atoms with Gasteiger partial charge in [0.25, 0.3) is 0 Å². The van der Waals surface area contributed by atoms with Crippen LogP contribution in [0, 0.1) is 5.92 Å². The molecule has 7 nitrogen and oxygen atoms in total. The number of hydrogen-bond acceptors (Lipinski definition) is 3. The second-order valence-corrected chi connectivity index (χ2v) is 5.52. The highest BCUT2D eigenvalue weighted by molar-refractivity contribution is 5.83. The number of amides is 3. The zero-order valence-corrected chi connectivity index (χ0v) is 12.0. The molecule has 3 amide bonds. The molecule has 0 aliphatic carbocycles. The first-order valence-electron chi connectivity index (χ1n) is 6.87. The Morgan fingerprint density at radius 2 is 2.05 bits per heavy atom. The van der Waals surface area contributed by atoms with Crippen molar-refractivity contribution in [3.05, 3.63) is 0 Å². The Morgan fingerprint density at radius 3 is 2.55 bits per heavy atom. The summed E-state index contributed by atoms with van der Waals surface area (Å²) in [4.78, 5) is 37.3. The summed E-state index contributed by atoms with van der Waals surface area (Å²) in [6.45, 7) is 4.54. The van der Waals surface area contributed by atoms with E-state index in [4.69, 9.17) is 10.8 Å². The quantitative estimate of drug-likeness (QED) is 0.767. The number of nitrogens with zero attached hydrogens (tertiary/aromatic N) is 2. The average molecular weight is 285 g/mol. The first-order chi connectivity index (χ1) is 9.31. The molecule has 1 aliphatic heterocycles. The van der Waals surface area contributed by atoms with Crippen molar-refractivity contribution < 1.29 is 19.5 Å². The molecule has 0 aromatic carbocycles. The third-order valence-electron chi connectivity index (χ3n) is 3.45. The zero-order valence-electron chi connectivity index (χ0n) is 12.0. The predicted octanol–water partition coefficient (Wildman–Crippen LogP) is 0.489. The van der Waals surface area contributed by atoms with Gasteiger partial charge < -0.3 is 20.6 Å². The summed E-state index contributed by atoms with van der Waals surface area (Å²) < 4.78 is 0. The fourth-order valence-corrected chi connectivity index (χ4v) is 2.47. The van der Waals surface area contributed by atoms with Crippen LogP contribution in [0.4, 0.5) is 4.79 Å². The van der Waals surface area contributed by atoms with E-state index < -0.39 is 11.9 Å². The first kappa shape index (κ1) is 16.3. The van der Waals surface area contributed by atoms with Crippen molar-refractivity contribution in [2.24, 2.45) is 11.7 Å². The van der Waals surface area contributed by atoms with E-state index in [-0.39, 0.29) is 31.0 Å². The van der Waals surface area contributed by atoms with E-state index in [0.29, 0.717) is 13.1 Å². The number of carbonyl (C=O) groups is 3. The number of carbonyl (C=O) groups excluding carboxylic acids is 2. The van der Waals surface area contributed by atoms with Crippen LogP contribution >= 0.6 is 0 Å². The Morgan fingerprint density at radius 1 is 1.40 bits per heavy atom. The van der Waals surface area contributed by atoms with Gasteiger partial charge in [0, 0.05) is 25.6 Å². The lowest BCUT2D eigenvalue weighted by atomic mass is 9.95. The Kier molecular flexibility index (Phi) is 5.79. The van der Waals surface area contributed by atoms with Gasteiger partial charge in [0.15, 0.2) is 0 Å². The molecule has 1 atom stereocenters. The van der Waals surface area contributed by atoms with Crippen LogP contribution in [0.3, 0.4) is 0 Å². The Hall–Kier alpha value is -1.79. The molecule has 1 fully saturated rings. The molecule has 0 spiro atoms. The van der Waals surface area contributed by atoms with Crippen LogP contribution < -0.4 is 5.73 Å². The summed E-state index contributed by atoms with van der Waals surface area (Å²) in [5.74, 6) is -1.42. The monoisotopic (exact) mass is 285 g/mol. The number of nitrogens with two attached hydrogens (primary N) is 1. The van der Waals surface area contributed by atoms with Crippen molar-refractivity contribution in [1.29, 1.82) is 0 Å². The molecule has 0 aromatic rings. The van der Waals surface area contributed by atoms with Crippen molar-refractivity contribution in [2.45, 2.75) is 39.2 Å². The first-order valence-corrected chi connectivity index (χ1v) is 6.87. The zero-order chi connectivity index (χ0) is 15.3. The summed E-state index contributed by atoms with van der Waals surface area (Å²) in [6.07, 6.45) is 1.67. The van der Waals surface area contributed by atoms with Crippen LogP contribution in [0.1, 0.15) is 33.1 Å². The van der Waals surface area contributed by atoms with Gasteiger partial charge in [0.05, 0.1) is 0 Å². The topological polar surface area (TPSA) is 104 Å². The molecule has 0 radical (unpaired) electrons. The van der Waals surface area contributed by atoms with Crippen molar-refractivity contribution >= 4 is 17.9 Å². The van der Waals surface area contributed by atoms with Crippen LogP contribution in [0.15, 0.2) is 0 Å². The average Bonchev–Trinajstić information content (AvgIpc) is 2.34. The molecule has 0 bridgehead atoms. The second-order valence-electron chi connectivity index (χ2n) is 5.52. The van der Waals surface area contributed by atoms with Gasteiger partial charge in [0.2, 0.25) is 5.91 Å². The summed E-state index contributed by atoms with van der Waals surface area (Å²) in [5, 5.41) is 8.83. The number of carboxylic acids is 1. The van der Waals surface area contributed by atoms with Gasteiger partial charge in [-0.25, -0.2) is 4.79 Å². The fraction of sp³-hybridized carbons (Fsp3) is 0.769. The summed E-state index contributed by atoms with van der Waals surface area (Å²) in [5.41, 5.74) is 5.16. The number of aliphatic carboxylic acids is 1. The van der Waals surface area contributed by atoms with E-state index in [1.807, 2.05) is 13.8 Å². The lowest BCUT2D eigenvalue weighted by Gasteiger charge is -2.37.